The molecule has 4 aliphatic heterocycles. The maximum Gasteiger partial charge on any atom is 0.352 e. The molecule has 0 aromatic rings. The van der Waals surface area contributed by atoms with Crippen LogP contribution in [0.3, 0.4) is 0 Å². The number of nitrogens with one attached hydrogen (secondary N) is 3. The second-order valence-corrected chi connectivity index (χ2v) is 14.4. The van der Waals surface area contributed by atoms with Crippen LogP contribution in [-0.4, -0.2) is 96.8 Å². The van der Waals surface area contributed by atoms with Crippen molar-refractivity contribution in [3.05, 3.63) is 70.6 Å². The van der Waals surface area contributed by atoms with Crippen LogP contribution in [-0.2, 0) is 28.8 Å². The number of carbonyl (C=O) groups is 6. The minimum absolute atomic E-state index is 0.0710. The Morgan fingerprint density at radius 2 is 1.43 bits per heavy atom. The van der Waals surface area contributed by atoms with Crippen LogP contribution in [0.15, 0.2) is 70.6 Å². The van der Waals surface area contributed by atoms with Crippen molar-refractivity contribution in [3.8, 4) is 0 Å². The minimum Gasteiger partial charge on any atom is -0.477 e. The van der Waals surface area contributed by atoms with E-state index in [-0.39, 0.29) is 11.4 Å². The Morgan fingerprint density at radius 1 is 0.851 bits per heavy atom. The van der Waals surface area contributed by atoms with Gasteiger partial charge in [0.2, 0.25) is 11.8 Å². The number of fused-ring (bicyclic) bond motifs is 2. The first-order valence-electron chi connectivity index (χ1n) is 15.4. The van der Waals surface area contributed by atoms with Crippen LogP contribution in [0, 0.1) is 5.92 Å². The molecule has 6 N–H and O–H groups in total. The molecule has 248 valence electrons. The summed E-state index contributed by atoms with van der Waals surface area (Å²) in [4.78, 5) is 81.4. The third-order valence-corrected chi connectivity index (χ3v) is 11.8. The highest BCUT2D eigenvalue weighted by molar-refractivity contribution is 8.00. The van der Waals surface area contributed by atoms with E-state index in [1.807, 2.05) is 30.4 Å². The van der Waals surface area contributed by atoms with Crippen molar-refractivity contribution in [1.29, 1.82) is 0 Å². The highest BCUT2D eigenvalue weighted by atomic mass is 32.2. The molecular formula is C32H36N6O7S2. The fourth-order valence-corrected chi connectivity index (χ4v) is 9.06. The van der Waals surface area contributed by atoms with E-state index in [4.69, 9.17) is 5.73 Å². The van der Waals surface area contributed by atoms with E-state index in [1.165, 1.54) is 33.3 Å². The molecule has 47 heavy (non-hydrogen) atoms. The highest BCUT2D eigenvalue weighted by Crippen LogP contribution is 2.41. The third-order valence-electron chi connectivity index (χ3n) is 8.99. The number of β-lactam (4-membered cyclic amide) rings is 2. The first kappa shape index (κ1) is 32.8. The molecule has 0 spiro atoms. The Kier molecular flexibility index (Phi) is 9.23. The van der Waals surface area contributed by atoms with Crippen molar-refractivity contribution < 1.29 is 33.9 Å². The molecule has 6 atom stereocenters. The van der Waals surface area contributed by atoms with Crippen LogP contribution >= 0.6 is 23.5 Å². The number of rotatable bonds is 9. The van der Waals surface area contributed by atoms with Gasteiger partial charge in [-0.25, -0.2) is 4.79 Å². The van der Waals surface area contributed by atoms with Gasteiger partial charge < -0.3 is 26.8 Å². The average Bonchev–Trinajstić information content (AvgIpc) is 3.08. The number of carboxylic acid groups (broad SMARTS) is 1. The van der Waals surface area contributed by atoms with Gasteiger partial charge in [0.15, 0.2) is 0 Å². The summed E-state index contributed by atoms with van der Waals surface area (Å²) >= 11 is 2.78. The number of aliphatic carboxylic acids is 1. The molecule has 0 aromatic carbocycles. The van der Waals surface area contributed by atoms with Crippen LogP contribution in [0.25, 0.3) is 0 Å². The first-order chi connectivity index (χ1) is 22.5. The zero-order chi connectivity index (χ0) is 33.6. The molecule has 13 nitrogen and oxygen atoms in total. The normalized spacial score (nSPS) is 28.0. The number of hydrogen-bond acceptors (Lipinski definition) is 9. The summed E-state index contributed by atoms with van der Waals surface area (Å²) in [5, 5.41) is 16.9. The third kappa shape index (κ3) is 5.95. The molecule has 2 saturated heterocycles. The summed E-state index contributed by atoms with van der Waals surface area (Å²) in [6.07, 6.45) is 15.1. The van der Waals surface area contributed by atoms with Gasteiger partial charge in [-0.1, -0.05) is 42.5 Å². The number of carboxylic acids is 1. The van der Waals surface area contributed by atoms with E-state index in [1.54, 1.807) is 26.0 Å². The quantitative estimate of drug-likeness (QED) is 0.171. The van der Waals surface area contributed by atoms with E-state index >= 15 is 0 Å². The van der Waals surface area contributed by atoms with Gasteiger partial charge in [-0.15, -0.1) is 23.5 Å². The molecule has 6 rings (SSSR count). The van der Waals surface area contributed by atoms with Crippen LogP contribution in [0.4, 0.5) is 0 Å². The van der Waals surface area contributed by atoms with Crippen LogP contribution in [0.5, 0.6) is 0 Å². The molecule has 0 saturated carbocycles. The predicted octanol–water partition coefficient (Wildman–Crippen LogP) is 0.640. The predicted molar refractivity (Wildman–Crippen MR) is 176 cm³/mol. The number of amides is 5. The Balaban J connectivity index is 1.15. The Bertz CT molecular complexity index is 1620. The topological polar surface area (TPSA) is 191 Å². The zero-order valence-corrected chi connectivity index (χ0v) is 27.4. The van der Waals surface area contributed by atoms with Gasteiger partial charge in [0.25, 0.3) is 17.7 Å². The number of nitrogens with two attached hydrogens (primary N) is 1. The second-order valence-electron chi connectivity index (χ2n) is 12.1. The molecule has 0 bridgehead atoms. The van der Waals surface area contributed by atoms with E-state index in [0.29, 0.717) is 41.9 Å². The smallest absolute Gasteiger partial charge is 0.352 e. The molecule has 0 unspecified atom stereocenters. The fourth-order valence-electron chi connectivity index (χ4n) is 6.48. The van der Waals surface area contributed by atoms with Gasteiger partial charge in [-0.05, 0) is 49.8 Å². The molecule has 2 aliphatic carbocycles. The zero-order valence-electron chi connectivity index (χ0n) is 25.8. The van der Waals surface area contributed by atoms with Crippen LogP contribution < -0.4 is 21.7 Å². The molecule has 15 heteroatoms. The second kappa shape index (κ2) is 13.2. The van der Waals surface area contributed by atoms with Crippen LogP contribution in [0.1, 0.15) is 33.1 Å². The SMILES string of the molecule is CC1=C(C(=O)O)N2C(=O)[C@@H](NC(=O)[C@H](NC(=O)C3=C(C)CS[C@@H]4[C@H](NC(=O)[C@@H](N)C5=CCC=CC5)C(=O)N34)C3C=CCC=C3)[C@H]2SC1. The highest BCUT2D eigenvalue weighted by Gasteiger charge is 2.56. The first-order valence-corrected chi connectivity index (χ1v) is 17.5. The molecule has 5 amide bonds. The monoisotopic (exact) mass is 680 g/mol. The number of hydrogen-bond donors (Lipinski definition) is 5. The van der Waals surface area contributed by atoms with E-state index in [9.17, 15) is 33.9 Å². The maximum atomic E-state index is 13.9. The van der Waals surface area contributed by atoms with Gasteiger partial charge in [0.05, 0.1) is 0 Å². The van der Waals surface area contributed by atoms with Crippen molar-refractivity contribution >= 4 is 59.0 Å². The van der Waals surface area contributed by atoms with Gasteiger partial charge in [0.1, 0.15) is 46.3 Å². The summed E-state index contributed by atoms with van der Waals surface area (Å²) in [6.45, 7) is 3.40. The summed E-state index contributed by atoms with van der Waals surface area (Å²) < 4.78 is 0. The van der Waals surface area contributed by atoms with Crippen LogP contribution in [0.2, 0.25) is 0 Å². The lowest BCUT2D eigenvalue weighted by Gasteiger charge is -2.50. The lowest BCUT2D eigenvalue weighted by molar-refractivity contribution is -0.151. The Hall–Kier alpha value is -4.08. The van der Waals surface area contributed by atoms with Crippen molar-refractivity contribution in [2.45, 2.75) is 68.0 Å². The number of thioether (sulfide) groups is 2. The lowest BCUT2D eigenvalue weighted by atomic mass is 9.92. The van der Waals surface area contributed by atoms with Gasteiger partial charge >= 0.3 is 5.97 Å². The van der Waals surface area contributed by atoms with Gasteiger partial charge in [0, 0.05) is 17.4 Å². The molecule has 6 aliphatic rings. The maximum absolute atomic E-state index is 13.9. The molecule has 0 radical (unpaired) electrons. The summed E-state index contributed by atoms with van der Waals surface area (Å²) in [6, 6.07) is -3.83. The standard InChI is InChI=1S/C32H36N6O7S2/c1-15-13-46-30-21(35-25(39)19(33)17-9-5-3-6-10-17)28(42)37(30)23(15)27(41)34-20(18-11-7-4-8-12-18)26(40)36-22-29(43)38-24(32(44)45)16(2)14-47-31(22)38/h3,5,7-8,10-12,18-22,30-31H,4,6,9,13-14,33H2,1-2H3,(H,34,41)(H,35,39)(H,36,40)(H,44,45)/t19-,20+,21+,22+,30+,31+/m0/s1. The minimum atomic E-state index is -1.20. The molecule has 2 fully saturated rings. The van der Waals surface area contributed by atoms with Crippen molar-refractivity contribution in [3.63, 3.8) is 0 Å². The Labute approximate surface area is 279 Å². The van der Waals surface area contributed by atoms with E-state index in [2.05, 4.69) is 16.0 Å². The Morgan fingerprint density at radius 3 is 2.00 bits per heavy atom. The van der Waals surface area contributed by atoms with E-state index < -0.39 is 76.3 Å². The summed E-state index contributed by atoms with van der Waals surface area (Å²) in [7, 11) is 0. The summed E-state index contributed by atoms with van der Waals surface area (Å²) in [5.41, 5.74) is 8.22. The fraction of sp³-hybridized carbons (Fsp3) is 0.438. The summed E-state index contributed by atoms with van der Waals surface area (Å²) in [5.74, 6) is -3.60. The van der Waals surface area contributed by atoms with Gasteiger partial charge in [-0.3, -0.25) is 33.8 Å². The molecular weight excluding hydrogens is 645 g/mol. The van der Waals surface area contributed by atoms with Crippen molar-refractivity contribution in [2.24, 2.45) is 11.7 Å². The lowest BCUT2D eigenvalue weighted by Crippen LogP contribution is -2.73. The largest absolute Gasteiger partial charge is 0.477 e. The molecule has 0 aromatic heterocycles. The average molecular weight is 681 g/mol. The van der Waals surface area contributed by atoms with Crippen molar-refractivity contribution in [1.82, 2.24) is 25.8 Å². The van der Waals surface area contributed by atoms with Gasteiger partial charge in [-0.2, -0.15) is 0 Å². The number of nitrogens with zero attached hydrogens (tertiary/aromatic N) is 2. The van der Waals surface area contributed by atoms with E-state index in [0.717, 1.165) is 5.57 Å². The number of carbonyl (C=O) groups excluding carboxylic acids is 5. The van der Waals surface area contributed by atoms with Crippen molar-refractivity contribution in [2.75, 3.05) is 11.5 Å². The molecule has 4 heterocycles. The number of allylic oxidation sites excluding steroid dienone is 5.